The average molecular weight is 661 g/mol. The van der Waals surface area contributed by atoms with Crippen molar-refractivity contribution in [2.45, 2.75) is 29.4 Å². The lowest BCUT2D eigenvalue weighted by atomic mass is 9.81. The molecule has 2 saturated heterocycles. The quantitative estimate of drug-likeness (QED) is 0.118. The van der Waals surface area contributed by atoms with E-state index in [1.54, 1.807) is 25.1 Å². The first-order chi connectivity index (χ1) is 18.6. The number of hydrogen-bond acceptors (Lipinski definition) is 7. The molecule has 2 aromatic rings. The van der Waals surface area contributed by atoms with Gasteiger partial charge in [0.2, 0.25) is 17.7 Å². The Morgan fingerprint density at radius 1 is 1.00 bits per heavy atom. The number of carbonyl (C=O) groups excluding carboxylic acids is 4. The Hall–Kier alpha value is -3.12. The Bertz CT molecular complexity index is 1400. The van der Waals surface area contributed by atoms with Crippen molar-refractivity contribution in [3.8, 4) is 5.75 Å². The van der Waals surface area contributed by atoms with Gasteiger partial charge in [-0.1, -0.05) is 31.9 Å². The van der Waals surface area contributed by atoms with Crippen LogP contribution in [0, 0.1) is 46.6 Å². The summed E-state index contributed by atoms with van der Waals surface area (Å²) in [5.41, 5.74) is 1.48. The van der Waals surface area contributed by atoms with E-state index in [0.717, 1.165) is 6.42 Å². The summed E-state index contributed by atoms with van der Waals surface area (Å²) in [6.07, 6.45) is 0.809. The summed E-state index contributed by atoms with van der Waals surface area (Å²) in [6, 6.07) is 10.4. The van der Waals surface area contributed by atoms with Crippen molar-refractivity contribution in [2.75, 3.05) is 16.3 Å². The normalized spacial score (nSPS) is 31.3. The van der Waals surface area contributed by atoms with Crippen LogP contribution < -0.4 is 14.5 Å². The number of hydrogen-bond donors (Lipinski definition) is 0. The van der Waals surface area contributed by atoms with Crippen molar-refractivity contribution in [2.24, 2.45) is 29.6 Å². The van der Waals surface area contributed by atoms with Crippen LogP contribution >= 0.6 is 31.9 Å². The first-order valence-corrected chi connectivity index (χ1v) is 14.4. The highest BCUT2D eigenvalue weighted by molar-refractivity contribution is 9.12. The number of fused-ring (bicyclic) bond motifs is 5. The van der Waals surface area contributed by atoms with Gasteiger partial charge < -0.3 is 9.64 Å². The van der Waals surface area contributed by atoms with Crippen LogP contribution in [-0.2, 0) is 19.2 Å². The maximum absolute atomic E-state index is 13.4. The Morgan fingerprint density at radius 3 is 2.18 bits per heavy atom. The predicted molar refractivity (Wildman–Crippen MR) is 147 cm³/mol. The van der Waals surface area contributed by atoms with Gasteiger partial charge in [0.1, 0.15) is 5.75 Å². The zero-order valence-corrected chi connectivity index (χ0v) is 23.8. The molecule has 0 radical (unpaired) electrons. The number of nitro benzene ring substituents is 1. The fourth-order valence-electron chi connectivity index (χ4n) is 6.60. The van der Waals surface area contributed by atoms with E-state index in [4.69, 9.17) is 4.74 Å². The topological polar surface area (TPSA) is 127 Å². The number of alkyl halides is 2. The molecule has 202 valence electrons. The van der Waals surface area contributed by atoms with Crippen molar-refractivity contribution in [1.29, 1.82) is 0 Å². The predicted octanol–water partition coefficient (Wildman–Crippen LogP) is 4.14. The Kier molecular flexibility index (Phi) is 6.37. The minimum absolute atomic E-state index is 0.0437. The van der Waals surface area contributed by atoms with Gasteiger partial charge in [-0.2, -0.15) is 0 Å². The minimum atomic E-state index is -0.710. The van der Waals surface area contributed by atoms with Gasteiger partial charge in [0, 0.05) is 40.4 Å². The zero-order valence-electron chi connectivity index (χ0n) is 20.7. The molecule has 2 saturated carbocycles. The highest BCUT2D eigenvalue weighted by Crippen LogP contribution is 2.60. The number of non-ortho nitro benzene ring substituents is 1. The number of anilines is 2. The fourth-order valence-corrected chi connectivity index (χ4v) is 8.47. The Morgan fingerprint density at radius 2 is 1.62 bits per heavy atom. The summed E-state index contributed by atoms with van der Waals surface area (Å²) in [5.74, 6) is -2.08. The second kappa shape index (κ2) is 9.51. The van der Waals surface area contributed by atoms with Crippen LogP contribution in [-0.4, -0.2) is 44.8 Å². The maximum Gasteiger partial charge on any atom is 0.316 e. The van der Waals surface area contributed by atoms with E-state index in [2.05, 4.69) is 31.9 Å². The van der Waals surface area contributed by atoms with Gasteiger partial charge >= 0.3 is 5.97 Å². The van der Waals surface area contributed by atoms with Gasteiger partial charge in [0.25, 0.3) is 5.69 Å². The zero-order chi connectivity index (χ0) is 27.7. The van der Waals surface area contributed by atoms with Gasteiger partial charge in [-0.3, -0.25) is 29.3 Å². The lowest BCUT2D eigenvalue weighted by Gasteiger charge is -2.28. The molecule has 4 aliphatic rings. The SMILES string of the molecule is Cc1cc(OC(=O)[C@@H]2CC(=O)N(c3ccc([N+](=O)[O-])cc3)C2)ccc1N1C(=O)[C@@H]2[C@H]3C[C@@H]([C@H](Br)[C@H]3Br)[C@@H]2C1=O. The summed E-state index contributed by atoms with van der Waals surface area (Å²) in [7, 11) is 0. The van der Waals surface area contributed by atoms with Gasteiger partial charge in [-0.25, -0.2) is 4.90 Å². The summed E-state index contributed by atoms with van der Waals surface area (Å²) in [5, 5.41) is 10.9. The number of halogens is 2. The molecule has 3 amide bonds. The van der Waals surface area contributed by atoms with Gasteiger partial charge in [0.15, 0.2) is 0 Å². The third-order valence-corrected chi connectivity index (χ3v) is 11.7. The number of nitro groups is 1. The molecule has 2 heterocycles. The van der Waals surface area contributed by atoms with Crippen LogP contribution in [0.5, 0.6) is 5.75 Å². The number of carbonyl (C=O) groups is 4. The van der Waals surface area contributed by atoms with E-state index in [1.807, 2.05) is 0 Å². The number of esters is 1. The van der Waals surface area contributed by atoms with Crippen molar-refractivity contribution >= 4 is 72.6 Å². The number of ether oxygens (including phenoxy) is 1. The molecular formula is C27H23Br2N3O7. The van der Waals surface area contributed by atoms with Crippen LogP contribution in [0.2, 0.25) is 0 Å². The molecular weight excluding hydrogens is 638 g/mol. The minimum Gasteiger partial charge on any atom is -0.426 e. The summed E-state index contributed by atoms with van der Waals surface area (Å²) < 4.78 is 5.57. The average Bonchev–Trinajstić information content (AvgIpc) is 3.62. The number of rotatable bonds is 5. The van der Waals surface area contributed by atoms with Crippen LogP contribution in [0.15, 0.2) is 42.5 Å². The van der Waals surface area contributed by atoms with Crippen molar-refractivity contribution < 1.29 is 28.8 Å². The molecule has 2 aromatic carbocycles. The molecule has 6 rings (SSSR count). The molecule has 2 aliphatic carbocycles. The smallest absolute Gasteiger partial charge is 0.316 e. The van der Waals surface area contributed by atoms with Crippen molar-refractivity contribution in [3.63, 3.8) is 0 Å². The molecule has 10 nitrogen and oxygen atoms in total. The maximum atomic E-state index is 13.4. The molecule has 2 bridgehead atoms. The number of amides is 3. The molecule has 4 fully saturated rings. The van der Waals surface area contributed by atoms with Crippen LogP contribution in [0.1, 0.15) is 18.4 Å². The highest BCUT2D eigenvalue weighted by Gasteiger charge is 2.66. The Labute approximate surface area is 240 Å². The van der Waals surface area contributed by atoms with E-state index >= 15 is 0 Å². The molecule has 0 N–H and O–H groups in total. The van der Waals surface area contributed by atoms with E-state index < -0.39 is 16.8 Å². The van der Waals surface area contributed by atoms with E-state index in [-0.39, 0.29) is 75.4 Å². The van der Waals surface area contributed by atoms with Gasteiger partial charge in [-0.05, 0) is 61.1 Å². The van der Waals surface area contributed by atoms with Crippen molar-refractivity contribution in [1.82, 2.24) is 0 Å². The van der Waals surface area contributed by atoms with Crippen molar-refractivity contribution in [3.05, 3.63) is 58.1 Å². The second-order valence-electron chi connectivity index (χ2n) is 10.6. The third-order valence-electron chi connectivity index (χ3n) is 8.45. The number of aryl methyl sites for hydroxylation is 1. The monoisotopic (exact) mass is 659 g/mol. The highest BCUT2D eigenvalue weighted by atomic mass is 79.9. The van der Waals surface area contributed by atoms with Crippen LogP contribution in [0.4, 0.5) is 17.1 Å². The lowest BCUT2D eigenvalue weighted by molar-refractivity contribution is -0.384. The number of nitrogens with zero attached hydrogens (tertiary/aromatic N) is 3. The summed E-state index contributed by atoms with van der Waals surface area (Å²) in [4.78, 5) is 65.6. The second-order valence-corrected chi connectivity index (χ2v) is 12.7. The van der Waals surface area contributed by atoms with E-state index in [1.165, 1.54) is 34.1 Å². The molecule has 0 aromatic heterocycles. The first kappa shape index (κ1) is 26.1. The third kappa shape index (κ3) is 4.10. The molecule has 12 heteroatoms. The van der Waals surface area contributed by atoms with Crippen LogP contribution in [0.3, 0.4) is 0 Å². The summed E-state index contributed by atoms with van der Waals surface area (Å²) in [6.45, 7) is 1.85. The molecule has 0 spiro atoms. The largest absolute Gasteiger partial charge is 0.426 e. The molecule has 7 atom stereocenters. The number of imide groups is 1. The van der Waals surface area contributed by atoms with E-state index in [0.29, 0.717) is 16.9 Å². The fraction of sp³-hybridized carbons (Fsp3) is 0.407. The van der Waals surface area contributed by atoms with Crippen LogP contribution in [0.25, 0.3) is 0 Å². The standard InChI is InChI=1S/C27H23Br2N3O7/c1-12-8-16(39-27(36)13-9-20(33)30(11-13)14-2-4-15(5-3-14)32(37)38)6-7-19(12)31-25(34)21-17-10-18(22(21)26(31)35)24(29)23(17)28/h2-8,13,17-18,21-24H,9-11H2,1H3/t13-,17-,18-,21-,22+,23+,24+/m1/s1. The molecule has 0 unspecified atom stereocenters. The molecule has 2 aliphatic heterocycles. The number of benzene rings is 2. The Balaban J connectivity index is 1.14. The first-order valence-electron chi connectivity index (χ1n) is 12.6. The lowest BCUT2D eigenvalue weighted by Crippen LogP contribution is -2.37. The van der Waals surface area contributed by atoms with E-state index in [9.17, 15) is 29.3 Å². The summed E-state index contributed by atoms with van der Waals surface area (Å²) >= 11 is 7.40. The molecule has 39 heavy (non-hydrogen) atoms. The van der Waals surface area contributed by atoms with Gasteiger partial charge in [-0.15, -0.1) is 0 Å². The van der Waals surface area contributed by atoms with Gasteiger partial charge in [0.05, 0.1) is 28.4 Å².